The first kappa shape index (κ1) is 49.2. The number of para-hydroxylation sites is 4. The Morgan fingerprint density at radius 2 is 0.784 bits per heavy atom. The quantitative estimate of drug-likeness (QED) is 0.0920. The molecule has 0 radical (unpaired) electrons. The highest BCUT2D eigenvalue weighted by Crippen LogP contribution is 2.40. The molecule has 8 aromatic carbocycles. The summed E-state index contributed by atoms with van der Waals surface area (Å²) in [5, 5.41) is 20.5. The molecular weight excluding hydrogens is 1020 g/mol. The largest absolute Gasteiger partial charge is 0.488 e. The summed E-state index contributed by atoms with van der Waals surface area (Å²) in [4.78, 5) is 29.4. The second-order valence-electron chi connectivity index (χ2n) is 16.8. The smallest absolute Gasteiger partial charge is 0.455 e. The van der Waals surface area contributed by atoms with Crippen LogP contribution in [0.3, 0.4) is 0 Å². The molecule has 0 atom stereocenters. The third-order valence-electron chi connectivity index (χ3n) is 11.9. The van der Waals surface area contributed by atoms with Crippen molar-refractivity contribution in [2.45, 2.75) is 0 Å². The normalized spacial score (nSPS) is 10.7. The number of aldehydes is 2. The SMILES string of the molecule is O=Cc1ccc2cc(-c3ccc(-c4ccc(N(c5ccccc5)c5ccccc5)cc4)s3)oc2c1.O=Cc1ccc2cc(-c3ccc(Br)s3)oc2c1.OB(O)c1ccc(N(c2ccccc2)c2ccccc2)cc1. The van der Waals surface area contributed by atoms with Gasteiger partial charge in [-0.05, 0) is 148 Å². The van der Waals surface area contributed by atoms with Gasteiger partial charge in [0.15, 0.2) is 0 Å². The molecule has 12 aromatic rings. The van der Waals surface area contributed by atoms with Crippen molar-refractivity contribution in [3.63, 3.8) is 0 Å². The Labute approximate surface area is 444 Å². The number of rotatable bonds is 12. The fraction of sp³-hybridized carbons (Fsp3) is 0. The van der Waals surface area contributed by atoms with Gasteiger partial charge in [-0.3, -0.25) is 9.59 Å². The molecule has 0 saturated heterocycles. The summed E-state index contributed by atoms with van der Waals surface area (Å²) in [7, 11) is -1.45. The predicted octanol–water partition coefficient (Wildman–Crippen LogP) is 16.7. The number of fused-ring (bicyclic) bond motifs is 2. The molecular formula is C62H44BBrN2O6S2. The number of benzene rings is 8. The van der Waals surface area contributed by atoms with E-state index in [1.807, 2.05) is 127 Å². The Kier molecular flexibility index (Phi) is 15.3. The van der Waals surface area contributed by atoms with E-state index < -0.39 is 7.12 Å². The zero-order chi connectivity index (χ0) is 50.8. The van der Waals surface area contributed by atoms with Crippen molar-refractivity contribution < 1.29 is 28.5 Å². The van der Waals surface area contributed by atoms with Crippen molar-refractivity contribution in [2.24, 2.45) is 0 Å². The number of furan rings is 2. The van der Waals surface area contributed by atoms with Gasteiger partial charge in [0.1, 0.15) is 35.3 Å². The maximum absolute atomic E-state index is 11.1. The first-order chi connectivity index (χ1) is 36.3. The number of nitrogens with zero attached hydrogens (tertiary/aromatic N) is 2. The van der Waals surface area contributed by atoms with E-state index in [1.165, 1.54) is 4.88 Å². The Morgan fingerprint density at radius 1 is 0.405 bits per heavy atom. The van der Waals surface area contributed by atoms with E-state index in [-0.39, 0.29) is 0 Å². The minimum atomic E-state index is -1.45. The molecule has 360 valence electrons. The molecule has 0 fully saturated rings. The van der Waals surface area contributed by atoms with Crippen molar-refractivity contribution in [1.29, 1.82) is 0 Å². The van der Waals surface area contributed by atoms with Crippen LogP contribution in [0.15, 0.2) is 255 Å². The third kappa shape index (κ3) is 11.5. The van der Waals surface area contributed by atoms with Gasteiger partial charge in [0.2, 0.25) is 0 Å². The summed E-state index contributed by atoms with van der Waals surface area (Å²) in [5.41, 5.74) is 10.7. The first-order valence-corrected chi connectivity index (χ1v) is 25.9. The number of halogens is 1. The lowest BCUT2D eigenvalue weighted by Gasteiger charge is -2.25. The van der Waals surface area contributed by atoms with Gasteiger partial charge in [-0.1, -0.05) is 121 Å². The minimum Gasteiger partial charge on any atom is -0.455 e. The fourth-order valence-corrected chi connectivity index (χ4v) is 10.6. The Hall–Kier alpha value is -8.36. The van der Waals surface area contributed by atoms with Gasteiger partial charge >= 0.3 is 7.12 Å². The summed E-state index contributed by atoms with van der Waals surface area (Å²) in [6.07, 6.45) is 1.66. The maximum Gasteiger partial charge on any atom is 0.488 e. The number of hydrogen-bond acceptors (Lipinski definition) is 10. The minimum absolute atomic E-state index is 0.477. The van der Waals surface area contributed by atoms with E-state index in [2.05, 4.69) is 111 Å². The standard InChI is InChI=1S/C31H21NO2S.C18H16BNO2.C13H7BrO2S/c33-21-22-11-12-24-20-29(34-28(24)19-22)31-18-17-30(35-31)23-13-15-27(16-14-23)32(25-7-3-1-4-8-25)26-9-5-2-6-10-26;21-19(22)15-11-13-18(14-12-15)20(16-7-3-1-4-8-16)17-9-5-2-6-10-17;14-13-4-3-12(17-13)11-6-9-2-1-8(7-15)5-10(9)16-11/h1-21H;1-14,21-22H;1-7H. The Balaban J connectivity index is 0.000000137. The van der Waals surface area contributed by atoms with E-state index in [1.54, 1.807) is 53.0 Å². The first-order valence-electron chi connectivity index (χ1n) is 23.5. The summed E-state index contributed by atoms with van der Waals surface area (Å²) in [5.74, 6) is 1.65. The van der Waals surface area contributed by atoms with Crippen molar-refractivity contribution in [1.82, 2.24) is 0 Å². The van der Waals surface area contributed by atoms with Crippen LogP contribution in [-0.4, -0.2) is 29.7 Å². The topological polar surface area (TPSA) is 107 Å². The zero-order valence-corrected chi connectivity index (χ0v) is 42.7. The van der Waals surface area contributed by atoms with E-state index in [0.717, 1.165) is 99.3 Å². The molecule has 74 heavy (non-hydrogen) atoms. The number of carbonyl (C=O) groups is 2. The molecule has 4 aromatic heterocycles. The lowest BCUT2D eigenvalue weighted by atomic mass is 9.80. The van der Waals surface area contributed by atoms with Crippen molar-refractivity contribution in [3.05, 3.63) is 258 Å². The highest BCUT2D eigenvalue weighted by atomic mass is 79.9. The zero-order valence-electron chi connectivity index (χ0n) is 39.4. The molecule has 0 saturated carbocycles. The van der Waals surface area contributed by atoms with Crippen LogP contribution >= 0.6 is 38.6 Å². The second-order valence-corrected chi connectivity index (χ2v) is 20.4. The third-order valence-corrected chi connectivity index (χ3v) is 14.7. The molecule has 0 aliphatic carbocycles. The van der Waals surface area contributed by atoms with Gasteiger partial charge in [0, 0.05) is 60.9 Å². The predicted molar refractivity (Wildman–Crippen MR) is 309 cm³/mol. The Morgan fingerprint density at radius 3 is 1.18 bits per heavy atom. The fourth-order valence-electron chi connectivity index (χ4n) is 8.33. The molecule has 12 heteroatoms. The molecule has 0 bridgehead atoms. The number of carbonyl (C=O) groups excluding carboxylic acids is 2. The molecule has 0 spiro atoms. The van der Waals surface area contributed by atoms with Gasteiger partial charge < -0.3 is 28.7 Å². The van der Waals surface area contributed by atoms with E-state index in [0.29, 0.717) is 16.6 Å². The maximum atomic E-state index is 11.1. The number of hydrogen-bond donors (Lipinski definition) is 2. The van der Waals surface area contributed by atoms with Gasteiger partial charge in [0.25, 0.3) is 0 Å². The van der Waals surface area contributed by atoms with E-state index >= 15 is 0 Å². The number of thiophene rings is 2. The molecule has 12 rings (SSSR count). The van der Waals surface area contributed by atoms with Crippen molar-refractivity contribution in [2.75, 3.05) is 9.80 Å². The number of anilines is 6. The van der Waals surface area contributed by atoms with Crippen LogP contribution in [0, 0.1) is 0 Å². The average Bonchev–Trinajstić information content (AvgIpc) is 4.30. The molecule has 2 N–H and O–H groups in total. The van der Waals surface area contributed by atoms with Crippen molar-refractivity contribution >= 4 is 120 Å². The summed E-state index contributed by atoms with van der Waals surface area (Å²) >= 11 is 6.74. The molecule has 4 heterocycles. The summed E-state index contributed by atoms with van der Waals surface area (Å²) < 4.78 is 12.9. The lowest BCUT2D eigenvalue weighted by molar-refractivity contribution is 0.111. The monoisotopic (exact) mass is 1070 g/mol. The van der Waals surface area contributed by atoms with Crippen LogP contribution in [-0.2, 0) is 0 Å². The van der Waals surface area contributed by atoms with Crippen molar-refractivity contribution in [3.8, 4) is 31.7 Å². The molecule has 8 nitrogen and oxygen atoms in total. The van der Waals surface area contributed by atoms with Crippen LogP contribution < -0.4 is 15.3 Å². The van der Waals surface area contributed by atoms with E-state index in [4.69, 9.17) is 8.83 Å². The molecule has 0 aliphatic heterocycles. The second kappa shape index (κ2) is 23.0. The molecule has 0 unspecified atom stereocenters. The van der Waals surface area contributed by atoms with Crippen LogP contribution in [0.2, 0.25) is 0 Å². The average molecular weight is 1070 g/mol. The van der Waals surface area contributed by atoms with Gasteiger partial charge in [-0.25, -0.2) is 0 Å². The van der Waals surface area contributed by atoms with Gasteiger partial charge in [-0.2, -0.15) is 0 Å². The van der Waals surface area contributed by atoms with E-state index in [9.17, 15) is 19.6 Å². The highest BCUT2D eigenvalue weighted by Gasteiger charge is 2.17. The van der Waals surface area contributed by atoms with Gasteiger partial charge in [-0.15, -0.1) is 22.7 Å². The van der Waals surface area contributed by atoms with Gasteiger partial charge in [0.05, 0.1) is 13.5 Å². The van der Waals surface area contributed by atoms with Crippen LogP contribution in [0.4, 0.5) is 34.1 Å². The lowest BCUT2D eigenvalue weighted by Crippen LogP contribution is -2.29. The molecule has 0 amide bonds. The van der Waals surface area contributed by atoms with Crippen LogP contribution in [0.5, 0.6) is 0 Å². The Bertz CT molecular complexity index is 3690. The molecule has 0 aliphatic rings. The summed E-state index contributed by atoms with van der Waals surface area (Å²) in [6, 6.07) is 80.0. The van der Waals surface area contributed by atoms with Crippen LogP contribution in [0.1, 0.15) is 20.7 Å². The van der Waals surface area contributed by atoms with Crippen LogP contribution in [0.25, 0.3) is 53.7 Å². The highest BCUT2D eigenvalue weighted by molar-refractivity contribution is 9.11. The summed E-state index contributed by atoms with van der Waals surface area (Å²) in [6.45, 7) is 0.